The summed E-state index contributed by atoms with van der Waals surface area (Å²) in [4.78, 5) is 0. The molecule has 10 aromatic rings. The normalized spacial score (nSPS) is 12.2. The van der Waals surface area contributed by atoms with Crippen LogP contribution in [0.1, 0.15) is 0 Å². The Morgan fingerprint density at radius 3 is 1.72 bits per heavy atom. The Labute approximate surface area is 250 Å². The van der Waals surface area contributed by atoms with Crippen molar-refractivity contribution in [3.05, 3.63) is 134 Å². The van der Waals surface area contributed by atoms with Crippen LogP contribution in [0.4, 0.5) is 0 Å². The van der Waals surface area contributed by atoms with Crippen molar-refractivity contribution in [1.29, 1.82) is 0 Å². The molecule has 3 aromatic heterocycles. The van der Waals surface area contributed by atoms with Gasteiger partial charge in [0.2, 0.25) is 0 Å². The quantitative estimate of drug-likeness (QED) is 0.195. The van der Waals surface area contributed by atoms with Gasteiger partial charge in [0.05, 0.1) is 11.6 Å². The Balaban J connectivity index is 1.41. The highest BCUT2D eigenvalue weighted by Crippen LogP contribution is 2.50. The molecule has 200 valence electrons. The second-order valence-electron chi connectivity index (χ2n) is 11.2. The molecule has 0 radical (unpaired) electrons. The predicted octanol–water partition coefficient (Wildman–Crippen LogP) is 12.3. The van der Waals surface area contributed by atoms with Gasteiger partial charge >= 0.3 is 0 Å². The number of thiophene rings is 1. The van der Waals surface area contributed by atoms with Crippen molar-refractivity contribution in [3.63, 3.8) is 0 Å². The summed E-state index contributed by atoms with van der Waals surface area (Å²) in [5.41, 5.74) is 7.49. The van der Waals surface area contributed by atoms with Crippen molar-refractivity contribution in [2.24, 2.45) is 0 Å². The van der Waals surface area contributed by atoms with Gasteiger partial charge in [-0.05, 0) is 80.2 Å². The number of hydrogen-bond donors (Lipinski definition) is 0. The van der Waals surface area contributed by atoms with Crippen molar-refractivity contribution in [2.45, 2.75) is 0 Å². The molecule has 0 unspecified atom stereocenters. The first-order valence-corrected chi connectivity index (χ1v) is 15.3. The topological polar surface area (TPSA) is 26.3 Å². The first kappa shape index (κ1) is 23.2. The lowest BCUT2D eigenvalue weighted by Crippen LogP contribution is -1.91. The van der Waals surface area contributed by atoms with E-state index in [4.69, 9.17) is 8.83 Å². The van der Waals surface area contributed by atoms with Crippen LogP contribution in [0.3, 0.4) is 0 Å². The minimum absolute atomic E-state index is 0.839. The van der Waals surface area contributed by atoms with Crippen LogP contribution in [0.15, 0.2) is 142 Å². The van der Waals surface area contributed by atoms with Crippen LogP contribution < -0.4 is 0 Å². The molecule has 0 aliphatic heterocycles. The van der Waals surface area contributed by atoms with Crippen LogP contribution in [0.25, 0.3) is 96.9 Å². The highest BCUT2D eigenvalue weighted by Gasteiger charge is 2.23. The third kappa shape index (κ3) is 3.12. The van der Waals surface area contributed by atoms with E-state index in [1.807, 2.05) is 17.4 Å². The molecule has 0 bridgehead atoms. The van der Waals surface area contributed by atoms with Crippen molar-refractivity contribution in [2.75, 3.05) is 0 Å². The largest absolute Gasteiger partial charge is 0.464 e. The summed E-state index contributed by atoms with van der Waals surface area (Å²) in [6.45, 7) is 0. The van der Waals surface area contributed by atoms with Crippen molar-refractivity contribution in [3.8, 4) is 22.3 Å². The smallest absolute Gasteiger partial charge is 0.145 e. The van der Waals surface area contributed by atoms with Crippen LogP contribution in [0, 0.1) is 0 Å². The number of furan rings is 2. The van der Waals surface area contributed by atoms with Crippen molar-refractivity contribution < 1.29 is 8.83 Å². The molecule has 0 amide bonds. The Morgan fingerprint density at radius 2 is 1.00 bits per heavy atom. The Morgan fingerprint density at radius 1 is 0.419 bits per heavy atom. The maximum absolute atomic E-state index is 6.43. The summed E-state index contributed by atoms with van der Waals surface area (Å²) in [5, 5.41) is 10.8. The van der Waals surface area contributed by atoms with Gasteiger partial charge in [0.25, 0.3) is 0 Å². The first-order valence-electron chi connectivity index (χ1n) is 14.5. The Bertz CT molecular complexity index is 2680. The molecule has 0 N–H and O–H groups in total. The van der Waals surface area contributed by atoms with E-state index in [2.05, 4.69) is 121 Å². The summed E-state index contributed by atoms with van der Waals surface area (Å²) in [6, 6.07) is 45.8. The zero-order valence-electron chi connectivity index (χ0n) is 22.9. The molecule has 0 atom stereocenters. The van der Waals surface area contributed by atoms with E-state index < -0.39 is 0 Å². The third-order valence-corrected chi connectivity index (χ3v) is 10.1. The molecule has 0 saturated carbocycles. The van der Waals surface area contributed by atoms with Gasteiger partial charge < -0.3 is 8.83 Å². The van der Waals surface area contributed by atoms with E-state index in [9.17, 15) is 0 Å². The highest BCUT2D eigenvalue weighted by atomic mass is 32.1. The highest BCUT2D eigenvalue weighted by molar-refractivity contribution is 7.25. The monoisotopic (exact) mass is 566 g/mol. The maximum Gasteiger partial charge on any atom is 0.145 e. The summed E-state index contributed by atoms with van der Waals surface area (Å²) >= 11 is 1.87. The first-order chi connectivity index (χ1) is 21.3. The molecule has 3 heteroatoms. The minimum atomic E-state index is 0.839. The second-order valence-corrected chi connectivity index (χ2v) is 12.3. The van der Waals surface area contributed by atoms with E-state index >= 15 is 0 Å². The summed E-state index contributed by atoms with van der Waals surface area (Å²) in [7, 11) is 0. The standard InChI is InChI=1S/C40H22O2S/c1-3-11-26-24(9-1)35(29-15-8-18-34-37(29)28-13-5-6-17-33(28)43-34)25-10-2-4-12-27(25)36(26)30-14-7-16-31-38(30)39-32(42-31)20-19-23-21-22-41-40(23)39/h1-22H. The van der Waals surface area contributed by atoms with Gasteiger partial charge in [0, 0.05) is 30.9 Å². The van der Waals surface area contributed by atoms with Gasteiger partial charge in [-0.25, -0.2) is 0 Å². The molecule has 3 heterocycles. The molecule has 10 rings (SSSR count). The average Bonchev–Trinajstić information content (AvgIpc) is 3.78. The van der Waals surface area contributed by atoms with Gasteiger partial charge in [0.15, 0.2) is 0 Å². The molecule has 43 heavy (non-hydrogen) atoms. The number of rotatable bonds is 2. The Kier molecular flexibility index (Phi) is 4.63. The van der Waals surface area contributed by atoms with E-state index in [0.717, 1.165) is 38.5 Å². The van der Waals surface area contributed by atoms with E-state index in [1.54, 1.807) is 6.26 Å². The van der Waals surface area contributed by atoms with Crippen LogP contribution in [-0.4, -0.2) is 0 Å². The van der Waals surface area contributed by atoms with E-state index in [0.29, 0.717) is 0 Å². The van der Waals surface area contributed by atoms with Gasteiger partial charge in [-0.15, -0.1) is 11.3 Å². The third-order valence-electron chi connectivity index (χ3n) is 8.95. The summed E-state index contributed by atoms with van der Waals surface area (Å²) in [6.07, 6.45) is 1.76. The molecule has 7 aromatic carbocycles. The maximum atomic E-state index is 6.43. The molecular weight excluding hydrogens is 545 g/mol. The molecule has 0 spiro atoms. The zero-order chi connectivity index (χ0) is 28.1. The molecule has 0 saturated heterocycles. The SMILES string of the molecule is c1cc(-c2c3ccccc3c(-c3cccc4sc5ccccc5c34)c3ccccc23)c2c(c1)oc1ccc3ccoc3c12. The lowest BCUT2D eigenvalue weighted by molar-refractivity contribution is 0.618. The second kappa shape index (κ2) is 8.57. The minimum Gasteiger partial charge on any atom is -0.464 e. The van der Waals surface area contributed by atoms with Crippen molar-refractivity contribution >= 4 is 86.0 Å². The fraction of sp³-hybridized carbons (Fsp3) is 0. The lowest BCUT2D eigenvalue weighted by Gasteiger charge is -2.19. The van der Waals surface area contributed by atoms with Gasteiger partial charge in [-0.2, -0.15) is 0 Å². The summed E-state index contributed by atoms with van der Waals surface area (Å²) < 4.78 is 15.1. The fourth-order valence-corrected chi connectivity index (χ4v) is 8.36. The van der Waals surface area contributed by atoms with Crippen molar-refractivity contribution in [1.82, 2.24) is 0 Å². The van der Waals surface area contributed by atoms with Crippen LogP contribution in [0.2, 0.25) is 0 Å². The van der Waals surface area contributed by atoms with Crippen LogP contribution >= 0.6 is 11.3 Å². The van der Waals surface area contributed by atoms with E-state index in [1.165, 1.54) is 58.4 Å². The summed E-state index contributed by atoms with van der Waals surface area (Å²) in [5.74, 6) is 0. The van der Waals surface area contributed by atoms with Gasteiger partial charge in [-0.3, -0.25) is 0 Å². The number of benzene rings is 7. The Hall–Kier alpha value is -5.38. The van der Waals surface area contributed by atoms with Crippen LogP contribution in [0.5, 0.6) is 0 Å². The fourth-order valence-electron chi connectivity index (χ4n) is 7.23. The molecule has 0 fully saturated rings. The zero-order valence-corrected chi connectivity index (χ0v) is 23.7. The molecular formula is C40H22O2S. The lowest BCUT2D eigenvalue weighted by atomic mass is 9.84. The number of hydrogen-bond acceptors (Lipinski definition) is 3. The molecule has 0 aliphatic rings. The van der Waals surface area contributed by atoms with E-state index in [-0.39, 0.29) is 0 Å². The molecule has 0 aliphatic carbocycles. The molecule has 2 nitrogen and oxygen atoms in total. The van der Waals surface area contributed by atoms with Crippen LogP contribution in [-0.2, 0) is 0 Å². The number of fused-ring (bicyclic) bond motifs is 10. The van der Waals surface area contributed by atoms with Gasteiger partial charge in [-0.1, -0.05) is 91.0 Å². The predicted molar refractivity (Wildman–Crippen MR) is 182 cm³/mol. The van der Waals surface area contributed by atoms with Gasteiger partial charge in [0.1, 0.15) is 16.7 Å². The average molecular weight is 567 g/mol.